The van der Waals surface area contributed by atoms with E-state index in [1.807, 2.05) is 42.5 Å². The van der Waals surface area contributed by atoms with E-state index in [1.54, 1.807) is 0 Å². The van der Waals surface area contributed by atoms with E-state index in [1.165, 1.54) is 21.5 Å². The van der Waals surface area contributed by atoms with Crippen molar-refractivity contribution in [1.82, 2.24) is 14.5 Å². The first-order valence-electron chi connectivity index (χ1n) is 16.2. The summed E-state index contributed by atoms with van der Waals surface area (Å²) in [5.74, 6) is 0.706. The third kappa shape index (κ3) is 4.03. The van der Waals surface area contributed by atoms with Gasteiger partial charge in [0.2, 0.25) is 0 Å². The van der Waals surface area contributed by atoms with Gasteiger partial charge in [-0.25, -0.2) is 9.97 Å². The minimum atomic E-state index is 0.706. The molecule has 0 aliphatic heterocycles. The third-order valence-electron chi connectivity index (χ3n) is 9.40. The first-order valence-corrected chi connectivity index (χ1v) is 16.2. The summed E-state index contributed by atoms with van der Waals surface area (Å²) in [6, 6.07) is 57.0. The SMILES string of the molecule is c1ccc(-c2cc(-c3ccc(-n4c5ccccc5c5c6ccccc6c6c7ccccc7oc6c54)cc3)nc(-c3ccccc3)n2)cc1. The van der Waals surface area contributed by atoms with Crippen LogP contribution in [0.5, 0.6) is 0 Å². The number of aromatic nitrogens is 3. The van der Waals surface area contributed by atoms with Crippen molar-refractivity contribution in [2.24, 2.45) is 0 Å². The predicted octanol–water partition coefficient (Wildman–Crippen LogP) is 11.6. The predicted molar refractivity (Wildman–Crippen MR) is 197 cm³/mol. The Bertz CT molecular complexity index is 2760. The Kier molecular flexibility index (Phi) is 5.84. The van der Waals surface area contributed by atoms with Gasteiger partial charge in [0.15, 0.2) is 11.4 Å². The molecule has 0 atom stereocenters. The van der Waals surface area contributed by atoms with Crippen molar-refractivity contribution >= 4 is 54.5 Å². The summed E-state index contributed by atoms with van der Waals surface area (Å²) in [6.07, 6.45) is 0. The fourth-order valence-corrected chi connectivity index (χ4v) is 7.24. The molecule has 4 heteroatoms. The standard InChI is InChI=1S/C44H27N3O/c1-3-13-28(14-4-1)36-27-37(46-44(45-36)30-15-5-2-6-16-30)29-23-25-31(26-24-29)47-38-21-11-9-19-34(38)40-32-17-7-8-18-33(32)41-35-20-10-12-22-39(35)48-43(41)42(40)47/h1-27H. The molecule has 0 spiro atoms. The molecule has 0 aliphatic carbocycles. The van der Waals surface area contributed by atoms with E-state index < -0.39 is 0 Å². The van der Waals surface area contributed by atoms with Gasteiger partial charge >= 0.3 is 0 Å². The number of benzene rings is 7. The molecule has 224 valence electrons. The van der Waals surface area contributed by atoms with Gasteiger partial charge in [-0.2, -0.15) is 0 Å². The fourth-order valence-electron chi connectivity index (χ4n) is 7.24. The van der Waals surface area contributed by atoms with Crippen LogP contribution in [-0.4, -0.2) is 14.5 Å². The summed E-state index contributed by atoms with van der Waals surface area (Å²) in [5, 5.41) is 7.11. The van der Waals surface area contributed by atoms with Gasteiger partial charge in [-0.15, -0.1) is 0 Å². The van der Waals surface area contributed by atoms with Crippen molar-refractivity contribution in [2.75, 3.05) is 0 Å². The monoisotopic (exact) mass is 613 g/mol. The van der Waals surface area contributed by atoms with Gasteiger partial charge in [-0.1, -0.05) is 133 Å². The maximum Gasteiger partial charge on any atom is 0.160 e. The third-order valence-corrected chi connectivity index (χ3v) is 9.40. The average Bonchev–Trinajstić information content (AvgIpc) is 3.73. The zero-order chi connectivity index (χ0) is 31.6. The van der Waals surface area contributed by atoms with Crippen molar-refractivity contribution in [3.05, 3.63) is 164 Å². The van der Waals surface area contributed by atoms with E-state index in [9.17, 15) is 0 Å². The maximum atomic E-state index is 6.73. The number of hydrogen-bond acceptors (Lipinski definition) is 3. The highest BCUT2D eigenvalue weighted by molar-refractivity contribution is 6.35. The topological polar surface area (TPSA) is 43.9 Å². The van der Waals surface area contributed by atoms with E-state index in [-0.39, 0.29) is 0 Å². The molecule has 0 saturated heterocycles. The van der Waals surface area contributed by atoms with Gasteiger partial charge in [0, 0.05) is 43.9 Å². The van der Waals surface area contributed by atoms with E-state index in [2.05, 4.69) is 126 Å². The number of fused-ring (bicyclic) bond motifs is 10. The molecule has 3 aromatic heterocycles. The number of furan rings is 1. The van der Waals surface area contributed by atoms with Gasteiger partial charge in [-0.05, 0) is 41.1 Å². The smallest absolute Gasteiger partial charge is 0.160 e. The van der Waals surface area contributed by atoms with Crippen LogP contribution in [0.15, 0.2) is 168 Å². The highest BCUT2D eigenvalue weighted by Crippen LogP contribution is 2.45. The summed E-state index contributed by atoms with van der Waals surface area (Å²) in [6.45, 7) is 0. The summed E-state index contributed by atoms with van der Waals surface area (Å²) in [4.78, 5) is 10.0. The molecule has 0 saturated carbocycles. The molecule has 0 radical (unpaired) electrons. The summed E-state index contributed by atoms with van der Waals surface area (Å²) < 4.78 is 9.09. The van der Waals surface area contributed by atoms with Crippen molar-refractivity contribution in [2.45, 2.75) is 0 Å². The second kappa shape index (κ2) is 10.5. The van der Waals surface area contributed by atoms with Crippen LogP contribution in [0.2, 0.25) is 0 Å². The second-order valence-corrected chi connectivity index (χ2v) is 12.2. The van der Waals surface area contributed by atoms with Crippen LogP contribution < -0.4 is 0 Å². The van der Waals surface area contributed by atoms with E-state index in [0.29, 0.717) is 5.82 Å². The summed E-state index contributed by atoms with van der Waals surface area (Å²) >= 11 is 0. The molecule has 0 amide bonds. The lowest BCUT2D eigenvalue weighted by atomic mass is 9.99. The number of para-hydroxylation sites is 2. The summed E-state index contributed by atoms with van der Waals surface area (Å²) in [7, 11) is 0. The lowest BCUT2D eigenvalue weighted by molar-refractivity contribution is 0.671. The lowest BCUT2D eigenvalue weighted by Crippen LogP contribution is -1.97. The molecule has 0 bridgehead atoms. The van der Waals surface area contributed by atoms with Gasteiger partial charge in [-0.3, -0.25) is 0 Å². The van der Waals surface area contributed by atoms with Gasteiger partial charge in [0.05, 0.1) is 22.4 Å². The number of rotatable bonds is 4. The van der Waals surface area contributed by atoms with Crippen LogP contribution >= 0.6 is 0 Å². The quantitative estimate of drug-likeness (QED) is 0.198. The fraction of sp³-hybridized carbons (Fsp3) is 0. The Morgan fingerprint density at radius 3 is 1.69 bits per heavy atom. The molecule has 4 nitrogen and oxygen atoms in total. The molecule has 0 N–H and O–H groups in total. The normalized spacial score (nSPS) is 11.8. The van der Waals surface area contributed by atoms with Crippen LogP contribution in [0.3, 0.4) is 0 Å². The van der Waals surface area contributed by atoms with E-state index >= 15 is 0 Å². The van der Waals surface area contributed by atoms with Crippen LogP contribution in [0, 0.1) is 0 Å². The molecule has 7 aromatic carbocycles. The molecular formula is C44H27N3O. The van der Waals surface area contributed by atoms with Crippen molar-refractivity contribution in [3.63, 3.8) is 0 Å². The van der Waals surface area contributed by atoms with Crippen molar-refractivity contribution < 1.29 is 4.42 Å². The average molecular weight is 614 g/mol. The van der Waals surface area contributed by atoms with E-state index in [0.717, 1.165) is 66.7 Å². The maximum absolute atomic E-state index is 6.73. The molecule has 3 heterocycles. The second-order valence-electron chi connectivity index (χ2n) is 12.2. The molecule has 10 aromatic rings. The Morgan fingerprint density at radius 2 is 0.979 bits per heavy atom. The molecule has 10 rings (SSSR count). The molecule has 0 fully saturated rings. The van der Waals surface area contributed by atoms with Crippen molar-refractivity contribution in [3.8, 4) is 39.6 Å². The minimum Gasteiger partial charge on any atom is -0.454 e. The first-order chi connectivity index (χ1) is 23.8. The van der Waals surface area contributed by atoms with Gasteiger partial charge < -0.3 is 8.98 Å². The largest absolute Gasteiger partial charge is 0.454 e. The minimum absolute atomic E-state index is 0.706. The highest BCUT2D eigenvalue weighted by Gasteiger charge is 2.22. The Hall–Kier alpha value is -6.52. The summed E-state index contributed by atoms with van der Waals surface area (Å²) in [5.41, 5.74) is 9.91. The first kappa shape index (κ1) is 26.7. The Labute approximate surface area is 276 Å². The van der Waals surface area contributed by atoms with E-state index in [4.69, 9.17) is 14.4 Å². The van der Waals surface area contributed by atoms with Crippen LogP contribution in [0.4, 0.5) is 0 Å². The molecular weight excluding hydrogens is 587 g/mol. The van der Waals surface area contributed by atoms with Gasteiger partial charge in [0.25, 0.3) is 0 Å². The van der Waals surface area contributed by atoms with Crippen LogP contribution in [0.1, 0.15) is 0 Å². The number of nitrogens with zero attached hydrogens (tertiary/aromatic N) is 3. The lowest BCUT2D eigenvalue weighted by Gasteiger charge is -2.12. The Morgan fingerprint density at radius 1 is 0.438 bits per heavy atom. The Balaban J connectivity index is 1.21. The molecule has 0 aliphatic rings. The van der Waals surface area contributed by atoms with Crippen molar-refractivity contribution in [1.29, 1.82) is 0 Å². The number of hydrogen-bond donors (Lipinski definition) is 0. The zero-order valence-electron chi connectivity index (χ0n) is 25.8. The molecule has 0 unspecified atom stereocenters. The van der Waals surface area contributed by atoms with Crippen LogP contribution in [-0.2, 0) is 0 Å². The molecule has 48 heavy (non-hydrogen) atoms. The van der Waals surface area contributed by atoms with Crippen LogP contribution in [0.25, 0.3) is 94.1 Å². The highest BCUT2D eigenvalue weighted by atomic mass is 16.3. The van der Waals surface area contributed by atoms with Gasteiger partial charge in [0.1, 0.15) is 5.58 Å². The zero-order valence-corrected chi connectivity index (χ0v) is 25.8.